The Kier molecular flexibility index (Phi) is 6.77. The van der Waals surface area contributed by atoms with E-state index in [2.05, 4.69) is 15.1 Å². The number of aromatic nitrogens is 2. The van der Waals surface area contributed by atoms with E-state index < -0.39 is 50.8 Å². The van der Waals surface area contributed by atoms with Gasteiger partial charge in [-0.05, 0) is 44.2 Å². The van der Waals surface area contributed by atoms with Crippen LogP contribution in [-0.2, 0) is 16.2 Å². The number of alkyl halides is 3. The molecule has 0 spiro atoms. The maximum absolute atomic E-state index is 13.6. The van der Waals surface area contributed by atoms with Gasteiger partial charge in [0, 0.05) is 6.04 Å². The lowest BCUT2D eigenvalue weighted by Gasteiger charge is -2.16. The second kappa shape index (κ2) is 9.25. The van der Waals surface area contributed by atoms with Gasteiger partial charge in [-0.3, -0.25) is 14.2 Å². The molecule has 9 nitrogen and oxygen atoms in total. The minimum atomic E-state index is -4.88. The fourth-order valence-electron chi connectivity index (χ4n) is 3.11. The van der Waals surface area contributed by atoms with Gasteiger partial charge in [0.15, 0.2) is 5.69 Å². The van der Waals surface area contributed by atoms with Crippen molar-refractivity contribution in [2.45, 2.75) is 31.0 Å². The summed E-state index contributed by atoms with van der Waals surface area (Å²) in [7, 11) is -2.85. The number of aromatic hydroxyl groups is 1. The lowest BCUT2D eigenvalue weighted by Crippen LogP contribution is -2.22. The molecule has 0 fully saturated rings. The van der Waals surface area contributed by atoms with Gasteiger partial charge < -0.3 is 15.2 Å². The average molecular weight is 498 g/mol. The number of sulfonamides is 1. The van der Waals surface area contributed by atoms with E-state index >= 15 is 0 Å². The van der Waals surface area contributed by atoms with E-state index in [-0.39, 0.29) is 16.3 Å². The highest BCUT2D eigenvalue weighted by Gasteiger charge is 2.40. The number of anilines is 2. The molecule has 0 radical (unpaired) electrons. The summed E-state index contributed by atoms with van der Waals surface area (Å²) in [4.78, 5) is 12.3. The van der Waals surface area contributed by atoms with Crippen molar-refractivity contribution in [1.29, 1.82) is 0 Å². The first-order valence-electron chi connectivity index (χ1n) is 9.80. The number of benzene rings is 2. The average Bonchev–Trinajstić information content (AvgIpc) is 3.22. The molecule has 182 valence electrons. The summed E-state index contributed by atoms with van der Waals surface area (Å²) in [6.07, 6.45) is -4.11. The van der Waals surface area contributed by atoms with Crippen LogP contribution in [0.1, 0.15) is 35.9 Å². The molecule has 0 unspecified atom stereocenters. The summed E-state index contributed by atoms with van der Waals surface area (Å²) in [5, 5.41) is 15.9. The number of nitrogens with one attached hydrogen (secondary N) is 2. The number of para-hydroxylation sites is 2. The zero-order chi connectivity index (χ0) is 25.3. The van der Waals surface area contributed by atoms with Crippen LogP contribution in [0.2, 0.25) is 0 Å². The van der Waals surface area contributed by atoms with Gasteiger partial charge in [-0.2, -0.15) is 18.3 Å². The Hall–Kier alpha value is -3.74. The van der Waals surface area contributed by atoms with Gasteiger partial charge in [-0.25, -0.2) is 8.42 Å². The van der Waals surface area contributed by atoms with Gasteiger partial charge in [-0.1, -0.05) is 12.1 Å². The molecule has 1 heterocycles. The second-order valence-electron chi connectivity index (χ2n) is 7.38. The molecule has 0 aliphatic carbocycles. The van der Waals surface area contributed by atoms with Crippen LogP contribution in [-0.4, -0.2) is 36.3 Å². The van der Waals surface area contributed by atoms with Crippen LogP contribution in [0.5, 0.6) is 11.5 Å². The van der Waals surface area contributed by atoms with Crippen molar-refractivity contribution in [3.05, 3.63) is 59.9 Å². The molecule has 13 heteroatoms. The molecule has 0 saturated heterocycles. The van der Waals surface area contributed by atoms with Crippen LogP contribution < -0.4 is 14.8 Å². The molecule has 0 aliphatic heterocycles. The monoisotopic (exact) mass is 498 g/mol. The molecule has 3 rings (SSSR count). The number of methoxy groups -OCH3 is 1. The molecule has 0 bridgehead atoms. The van der Waals surface area contributed by atoms with E-state index in [9.17, 15) is 31.5 Å². The Morgan fingerprint density at radius 1 is 1.15 bits per heavy atom. The van der Waals surface area contributed by atoms with E-state index in [1.807, 2.05) is 0 Å². The lowest BCUT2D eigenvalue weighted by atomic mass is 10.2. The number of carbonyl (C=O) groups is 1. The number of nitrogens with zero attached hydrogens (tertiary/aromatic N) is 2. The highest BCUT2D eigenvalue weighted by molar-refractivity contribution is 7.92. The Bertz CT molecular complexity index is 1320. The number of halogens is 3. The molecule has 2 aromatic carbocycles. The Balaban J connectivity index is 1.94. The number of amides is 1. The van der Waals surface area contributed by atoms with Crippen LogP contribution in [0.3, 0.4) is 0 Å². The molecular weight excluding hydrogens is 477 g/mol. The molecule has 0 saturated carbocycles. The highest BCUT2D eigenvalue weighted by Crippen LogP contribution is 2.35. The van der Waals surface area contributed by atoms with Gasteiger partial charge in [0.25, 0.3) is 15.9 Å². The third kappa shape index (κ3) is 5.09. The van der Waals surface area contributed by atoms with E-state index in [1.54, 1.807) is 12.1 Å². The zero-order valence-electron chi connectivity index (χ0n) is 18.2. The summed E-state index contributed by atoms with van der Waals surface area (Å²) in [6, 6.07) is 8.53. The summed E-state index contributed by atoms with van der Waals surface area (Å²) in [6.45, 7) is 2.94. The fourth-order valence-corrected chi connectivity index (χ4v) is 4.20. The smallest absolute Gasteiger partial charge is 0.433 e. The predicted octanol–water partition coefficient (Wildman–Crippen LogP) is 4.25. The highest BCUT2D eigenvalue weighted by atomic mass is 32.2. The standard InChI is InChI=1S/C21H21F3N4O5S/c1-12(2)28-19(21(22,23)24)14(11-25-28)20(30)26-16-10-13(8-9-17(16)29)34(31,32)27-15-6-4-5-7-18(15)33-3/h4-12,27,29H,1-3H3,(H,26,30). The summed E-state index contributed by atoms with van der Waals surface area (Å²) >= 11 is 0. The number of rotatable bonds is 7. The van der Waals surface area contributed by atoms with Crippen molar-refractivity contribution in [3.8, 4) is 11.5 Å². The Labute approximate surface area is 193 Å². The quantitative estimate of drug-likeness (QED) is 0.419. The van der Waals surface area contributed by atoms with Crippen LogP contribution >= 0.6 is 0 Å². The summed E-state index contributed by atoms with van der Waals surface area (Å²) in [5.74, 6) is -1.52. The number of hydrogen-bond donors (Lipinski definition) is 3. The van der Waals surface area contributed by atoms with Crippen molar-refractivity contribution in [2.24, 2.45) is 0 Å². The molecule has 0 atom stereocenters. The van der Waals surface area contributed by atoms with Crippen molar-refractivity contribution in [3.63, 3.8) is 0 Å². The van der Waals surface area contributed by atoms with Crippen molar-refractivity contribution < 1.29 is 36.2 Å². The van der Waals surface area contributed by atoms with E-state index in [1.165, 1.54) is 33.1 Å². The van der Waals surface area contributed by atoms with Crippen molar-refractivity contribution in [2.75, 3.05) is 17.1 Å². The summed E-state index contributed by atoms with van der Waals surface area (Å²) < 4.78 is 74.5. The van der Waals surface area contributed by atoms with Crippen LogP contribution in [0.15, 0.2) is 53.6 Å². The normalized spacial score (nSPS) is 12.0. The maximum Gasteiger partial charge on any atom is 0.433 e. The maximum atomic E-state index is 13.6. The molecule has 34 heavy (non-hydrogen) atoms. The van der Waals surface area contributed by atoms with Crippen molar-refractivity contribution in [1.82, 2.24) is 9.78 Å². The van der Waals surface area contributed by atoms with Crippen LogP contribution in [0.4, 0.5) is 24.5 Å². The van der Waals surface area contributed by atoms with Crippen molar-refractivity contribution >= 4 is 27.3 Å². The minimum absolute atomic E-state index is 0.138. The number of phenols is 1. The Morgan fingerprint density at radius 2 is 1.82 bits per heavy atom. The molecule has 3 aromatic rings. The van der Waals surface area contributed by atoms with Gasteiger partial charge in [-0.15, -0.1) is 0 Å². The Morgan fingerprint density at radius 3 is 2.44 bits per heavy atom. The minimum Gasteiger partial charge on any atom is -0.506 e. The molecule has 0 aliphatic rings. The van der Waals surface area contributed by atoms with Gasteiger partial charge in [0.1, 0.15) is 11.5 Å². The van der Waals surface area contributed by atoms with E-state index in [0.29, 0.717) is 4.68 Å². The first-order valence-corrected chi connectivity index (χ1v) is 11.3. The van der Waals surface area contributed by atoms with Crippen LogP contribution in [0, 0.1) is 0 Å². The van der Waals surface area contributed by atoms with E-state index in [0.717, 1.165) is 24.4 Å². The zero-order valence-corrected chi connectivity index (χ0v) is 19.0. The lowest BCUT2D eigenvalue weighted by molar-refractivity contribution is -0.145. The predicted molar refractivity (Wildman–Crippen MR) is 117 cm³/mol. The molecule has 1 aromatic heterocycles. The van der Waals surface area contributed by atoms with E-state index in [4.69, 9.17) is 4.74 Å². The number of carbonyl (C=O) groups excluding carboxylic acids is 1. The molecule has 1 amide bonds. The first kappa shape index (κ1) is 24.9. The number of hydrogen-bond acceptors (Lipinski definition) is 6. The summed E-state index contributed by atoms with van der Waals surface area (Å²) in [5.41, 5.74) is -2.31. The number of phenolic OH excluding ortho intramolecular Hbond substituents is 1. The topological polar surface area (TPSA) is 123 Å². The molecular formula is C21H21F3N4O5S. The largest absolute Gasteiger partial charge is 0.506 e. The second-order valence-corrected chi connectivity index (χ2v) is 9.06. The first-order chi connectivity index (χ1) is 15.8. The fraction of sp³-hybridized carbons (Fsp3) is 0.238. The van der Waals surface area contributed by atoms with Crippen LogP contribution in [0.25, 0.3) is 0 Å². The van der Waals surface area contributed by atoms with Gasteiger partial charge in [0.05, 0.1) is 35.1 Å². The molecule has 3 N–H and O–H groups in total. The third-order valence-corrected chi connectivity index (χ3v) is 6.04. The van der Waals surface area contributed by atoms with Gasteiger partial charge in [0.2, 0.25) is 0 Å². The van der Waals surface area contributed by atoms with Gasteiger partial charge >= 0.3 is 6.18 Å². The third-order valence-electron chi connectivity index (χ3n) is 4.68. The SMILES string of the molecule is COc1ccccc1NS(=O)(=O)c1ccc(O)c(NC(=O)c2cnn(C(C)C)c2C(F)(F)F)c1. The number of ether oxygens (including phenoxy) is 1.